The van der Waals surface area contributed by atoms with Gasteiger partial charge >= 0.3 is 5.97 Å². The van der Waals surface area contributed by atoms with Crippen LogP contribution in [-0.2, 0) is 28.8 Å². The Morgan fingerprint density at radius 2 is 1.88 bits per heavy atom. The molecule has 1 aromatic carbocycles. The van der Waals surface area contributed by atoms with Crippen LogP contribution in [0.4, 0.5) is 0 Å². The number of esters is 1. The quantitative estimate of drug-likeness (QED) is 0.652. The first kappa shape index (κ1) is 18.7. The summed E-state index contributed by atoms with van der Waals surface area (Å²) in [5.74, 6) is -0.183. The molecule has 0 aliphatic carbocycles. The molecule has 1 atom stereocenters. The van der Waals surface area contributed by atoms with Gasteiger partial charge < -0.3 is 4.74 Å². The van der Waals surface area contributed by atoms with E-state index in [4.69, 9.17) is 9.84 Å². The maximum absolute atomic E-state index is 12.0. The van der Waals surface area contributed by atoms with E-state index in [1.807, 2.05) is 19.1 Å². The lowest BCUT2D eigenvalue weighted by Gasteiger charge is -2.16. The summed E-state index contributed by atoms with van der Waals surface area (Å²) in [5, 5.41) is 4.81. The van der Waals surface area contributed by atoms with Gasteiger partial charge in [0.25, 0.3) is 0 Å². The molecule has 1 heterocycles. The number of ether oxygens (including phenoxy) is 1. The zero-order valence-electron chi connectivity index (χ0n) is 14.8. The van der Waals surface area contributed by atoms with Crippen molar-refractivity contribution < 1.29 is 9.53 Å². The Bertz CT molecular complexity index is 692. The minimum absolute atomic E-state index is 0.120. The summed E-state index contributed by atoms with van der Waals surface area (Å²) < 4.78 is 8.26. The molecule has 2 aromatic rings. The topological polar surface area (TPSA) is 44.1 Å². The van der Waals surface area contributed by atoms with Crippen LogP contribution in [0.2, 0.25) is 0 Å². The van der Waals surface area contributed by atoms with Crippen LogP contribution in [0.25, 0.3) is 0 Å². The van der Waals surface area contributed by atoms with Crippen LogP contribution in [0.3, 0.4) is 0 Å². The number of rotatable bonds is 7. The van der Waals surface area contributed by atoms with Crippen molar-refractivity contribution in [1.29, 1.82) is 0 Å². The maximum Gasteiger partial charge on any atom is 0.310 e. The molecule has 0 fully saturated rings. The van der Waals surface area contributed by atoms with Gasteiger partial charge in [-0.1, -0.05) is 41.9 Å². The molecule has 0 saturated heterocycles. The molecule has 0 bridgehead atoms. The van der Waals surface area contributed by atoms with E-state index in [9.17, 15) is 4.79 Å². The van der Waals surface area contributed by atoms with Crippen LogP contribution in [0.5, 0.6) is 0 Å². The van der Waals surface area contributed by atoms with E-state index in [0.29, 0.717) is 13.0 Å². The number of halogens is 1. The average molecular weight is 393 g/mol. The second-order valence-corrected chi connectivity index (χ2v) is 6.65. The van der Waals surface area contributed by atoms with E-state index in [0.717, 1.165) is 34.3 Å². The lowest BCUT2D eigenvalue weighted by molar-refractivity contribution is -0.142. The normalized spacial score (nSPS) is 12.2. The van der Waals surface area contributed by atoms with Crippen molar-refractivity contribution in [2.45, 2.75) is 53.0 Å². The molecule has 2 rings (SSSR count). The summed E-state index contributed by atoms with van der Waals surface area (Å²) >= 11 is 3.47. The number of benzene rings is 1. The summed E-state index contributed by atoms with van der Waals surface area (Å²) in [7, 11) is 0. The van der Waals surface area contributed by atoms with E-state index < -0.39 is 0 Å². The van der Waals surface area contributed by atoms with Gasteiger partial charge in [-0.05, 0) is 44.4 Å². The minimum atomic E-state index is -0.183. The predicted molar refractivity (Wildman–Crippen MR) is 99.3 cm³/mol. The molecule has 0 spiro atoms. The Morgan fingerprint density at radius 1 is 1.21 bits per heavy atom. The van der Waals surface area contributed by atoms with Crippen LogP contribution in [0.15, 0.2) is 28.7 Å². The molecular weight excluding hydrogens is 368 g/mol. The monoisotopic (exact) mass is 392 g/mol. The first-order valence-electron chi connectivity index (χ1n) is 8.51. The molecule has 24 heavy (non-hydrogen) atoms. The fraction of sp³-hybridized carbons (Fsp3) is 0.474. The number of carbonyl (C=O) groups is 1. The molecule has 1 aromatic heterocycles. The van der Waals surface area contributed by atoms with Gasteiger partial charge in [0.05, 0.1) is 24.8 Å². The van der Waals surface area contributed by atoms with Crippen molar-refractivity contribution in [2.75, 3.05) is 6.61 Å². The lowest BCUT2D eigenvalue weighted by Crippen LogP contribution is -2.13. The van der Waals surface area contributed by atoms with E-state index >= 15 is 0 Å². The second kappa shape index (κ2) is 8.47. The van der Waals surface area contributed by atoms with Crippen LogP contribution in [-0.4, -0.2) is 22.4 Å². The van der Waals surface area contributed by atoms with Crippen molar-refractivity contribution in [3.05, 3.63) is 51.3 Å². The number of aryl methyl sites for hydroxylation is 1. The SMILES string of the molecule is CCOC(=O)Cc1c(CC)nn(C(C)c2ccc(Br)cc2)c1CC. The fourth-order valence-corrected chi connectivity index (χ4v) is 3.24. The van der Waals surface area contributed by atoms with Crippen LogP contribution >= 0.6 is 15.9 Å². The van der Waals surface area contributed by atoms with Gasteiger partial charge in [-0.25, -0.2) is 0 Å². The summed E-state index contributed by atoms with van der Waals surface area (Å²) in [5.41, 5.74) is 4.34. The van der Waals surface area contributed by atoms with Crippen molar-refractivity contribution in [3.8, 4) is 0 Å². The molecule has 0 aliphatic rings. The first-order chi connectivity index (χ1) is 11.5. The van der Waals surface area contributed by atoms with Crippen molar-refractivity contribution >= 4 is 21.9 Å². The highest BCUT2D eigenvalue weighted by molar-refractivity contribution is 9.10. The highest BCUT2D eigenvalue weighted by atomic mass is 79.9. The highest BCUT2D eigenvalue weighted by Gasteiger charge is 2.22. The number of nitrogens with zero attached hydrogens (tertiary/aromatic N) is 2. The second-order valence-electron chi connectivity index (χ2n) is 5.73. The molecule has 1 unspecified atom stereocenters. The number of aromatic nitrogens is 2. The summed E-state index contributed by atoms with van der Waals surface area (Å²) in [4.78, 5) is 12.0. The predicted octanol–water partition coefficient (Wildman–Crippen LogP) is 4.49. The van der Waals surface area contributed by atoms with Gasteiger partial charge in [-0.2, -0.15) is 5.10 Å². The Labute approximate surface area is 152 Å². The van der Waals surface area contributed by atoms with Crippen molar-refractivity contribution in [1.82, 2.24) is 9.78 Å². The van der Waals surface area contributed by atoms with Gasteiger partial charge in [0.15, 0.2) is 0 Å². The van der Waals surface area contributed by atoms with E-state index in [2.05, 4.69) is 53.5 Å². The number of carbonyl (C=O) groups excluding carboxylic acids is 1. The summed E-state index contributed by atoms with van der Waals surface area (Å²) in [6.07, 6.45) is 1.94. The summed E-state index contributed by atoms with van der Waals surface area (Å²) in [6.45, 7) is 8.56. The van der Waals surface area contributed by atoms with Crippen LogP contribution in [0.1, 0.15) is 56.3 Å². The Kier molecular flexibility index (Phi) is 6.60. The van der Waals surface area contributed by atoms with E-state index in [-0.39, 0.29) is 12.0 Å². The molecule has 130 valence electrons. The molecule has 4 nitrogen and oxygen atoms in total. The fourth-order valence-electron chi connectivity index (χ4n) is 2.98. The first-order valence-corrected chi connectivity index (χ1v) is 9.31. The molecule has 0 amide bonds. The Hall–Kier alpha value is -1.62. The minimum Gasteiger partial charge on any atom is -0.466 e. The van der Waals surface area contributed by atoms with Crippen molar-refractivity contribution in [3.63, 3.8) is 0 Å². The van der Waals surface area contributed by atoms with E-state index in [1.54, 1.807) is 0 Å². The lowest BCUT2D eigenvalue weighted by atomic mass is 10.0. The molecule has 0 N–H and O–H groups in total. The number of hydrogen-bond donors (Lipinski definition) is 0. The Balaban J connectivity index is 2.41. The third-order valence-corrected chi connectivity index (χ3v) is 4.75. The van der Waals surface area contributed by atoms with Gasteiger partial charge in [0.1, 0.15) is 0 Å². The molecular formula is C19H25BrN2O2. The van der Waals surface area contributed by atoms with Gasteiger partial charge in [-0.3, -0.25) is 9.48 Å². The third-order valence-electron chi connectivity index (χ3n) is 4.22. The molecule has 5 heteroatoms. The summed E-state index contributed by atoms with van der Waals surface area (Å²) in [6, 6.07) is 8.41. The standard InChI is InChI=1S/C19H25BrN2O2/c1-5-17-16(12-19(23)24-7-3)18(6-2)22(21-17)13(4)14-8-10-15(20)11-9-14/h8-11,13H,5-7,12H2,1-4H3. The molecule has 0 radical (unpaired) electrons. The largest absolute Gasteiger partial charge is 0.466 e. The third kappa shape index (κ3) is 4.07. The highest BCUT2D eigenvalue weighted by Crippen LogP contribution is 2.26. The molecule has 0 saturated carbocycles. The van der Waals surface area contributed by atoms with Gasteiger partial charge in [-0.15, -0.1) is 0 Å². The van der Waals surface area contributed by atoms with Crippen LogP contribution < -0.4 is 0 Å². The average Bonchev–Trinajstić information content (AvgIpc) is 2.92. The zero-order valence-corrected chi connectivity index (χ0v) is 16.4. The van der Waals surface area contributed by atoms with Crippen LogP contribution in [0, 0.1) is 0 Å². The zero-order chi connectivity index (χ0) is 17.7. The maximum atomic E-state index is 12.0. The smallest absolute Gasteiger partial charge is 0.310 e. The van der Waals surface area contributed by atoms with Crippen molar-refractivity contribution in [2.24, 2.45) is 0 Å². The van der Waals surface area contributed by atoms with Gasteiger partial charge in [0, 0.05) is 15.7 Å². The van der Waals surface area contributed by atoms with Gasteiger partial charge in [0.2, 0.25) is 0 Å². The van der Waals surface area contributed by atoms with E-state index in [1.165, 1.54) is 5.56 Å². The Morgan fingerprint density at radius 3 is 2.42 bits per heavy atom. The number of hydrogen-bond acceptors (Lipinski definition) is 3. The molecule has 0 aliphatic heterocycles.